The van der Waals surface area contributed by atoms with E-state index in [-0.39, 0.29) is 5.91 Å². The van der Waals surface area contributed by atoms with Gasteiger partial charge in [-0.15, -0.1) is 0 Å². The van der Waals surface area contributed by atoms with Gasteiger partial charge in [0.15, 0.2) is 0 Å². The van der Waals surface area contributed by atoms with E-state index in [1.165, 1.54) is 0 Å². The Labute approximate surface area is 122 Å². The molecule has 1 aliphatic heterocycles. The lowest BCUT2D eigenvalue weighted by Crippen LogP contribution is -2.36. The lowest BCUT2D eigenvalue weighted by Gasteiger charge is -2.18. The van der Waals surface area contributed by atoms with Crippen molar-refractivity contribution in [3.63, 3.8) is 0 Å². The van der Waals surface area contributed by atoms with Crippen molar-refractivity contribution < 1.29 is 14.3 Å². The normalized spacial score (nSPS) is 15.6. The van der Waals surface area contributed by atoms with Gasteiger partial charge in [-0.3, -0.25) is 14.9 Å². The molecule has 0 spiro atoms. The van der Waals surface area contributed by atoms with Crippen LogP contribution in [0.25, 0.3) is 11.6 Å². The zero-order valence-corrected chi connectivity index (χ0v) is 11.4. The molecule has 2 amide bonds. The summed E-state index contributed by atoms with van der Waals surface area (Å²) in [5, 5.41) is 2.36. The molecule has 2 aromatic rings. The summed E-state index contributed by atoms with van der Waals surface area (Å²) < 4.78 is 5.29. The maximum atomic E-state index is 12.1. The van der Waals surface area contributed by atoms with Crippen LogP contribution in [0.15, 0.2) is 48.5 Å². The van der Waals surface area contributed by atoms with Crippen molar-refractivity contribution in [1.82, 2.24) is 5.32 Å². The van der Waals surface area contributed by atoms with Crippen molar-refractivity contribution in [2.75, 3.05) is 7.11 Å². The summed E-state index contributed by atoms with van der Waals surface area (Å²) in [6.07, 6.45) is 1.74. The van der Waals surface area contributed by atoms with Gasteiger partial charge in [0, 0.05) is 16.7 Å². The Kier molecular flexibility index (Phi) is 3.28. The van der Waals surface area contributed by atoms with Gasteiger partial charge in [0.2, 0.25) is 0 Å². The Bertz CT molecular complexity index is 762. The third-order valence-electron chi connectivity index (χ3n) is 3.37. The number of methoxy groups -OCH3 is 1. The monoisotopic (exact) mass is 279 g/mol. The first-order valence-corrected chi connectivity index (χ1v) is 6.50. The van der Waals surface area contributed by atoms with E-state index >= 15 is 0 Å². The van der Waals surface area contributed by atoms with Crippen LogP contribution in [-0.4, -0.2) is 18.9 Å². The van der Waals surface area contributed by atoms with E-state index in [1.54, 1.807) is 37.5 Å². The zero-order chi connectivity index (χ0) is 14.8. The van der Waals surface area contributed by atoms with Crippen LogP contribution in [0.5, 0.6) is 5.75 Å². The molecule has 1 heterocycles. The molecular weight excluding hydrogens is 266 g/mol. The average molecular weight is 279 g/mol. The topological polar surface area (TPSA) is 55.4 Å². The predicted molar refractivity (Wildman–Crippen MR) is 79.8 cm³/mol. The Morgan fingerprint density at radius 3 is 2.33 bits per heavy atom. The van der Waals surface area contributed by atoms with Crippen molar-refractivity contribution in [2.24, 2.45) is 0 Å². The van der Waals surface area contributed by atoms with Gasteiger partial charge in [0.1, 0.15) is 5.75 Å². The number of nitrogens with one attached hydrogen (secondary N) is 1. The number of ether oxygens (including phenoxy) is 1. The van der Waals surface area contributed by atoms with E-state index in [0.717, 1.165) is 5.56 Å². The quantitative estimate of drug-likeness (QED) is 0.679. The fraction of sp³-hybridized carbons (Fsp3) is 0.0588. The lowest BCUT2D eigenvalue weighted by atomic mass is 9.93. The summed E-state index contributed by atoms with van der Waals surface area (Å²) in [5.41, 5.74) is 2.37. The smallest absolute Gasteiger partial charge is 0.258 e. The predicted octanol–water partition coefficient (Wildman–Crippen LogP) is 2.51. The number of carbonyl (C=O) groups excluding carboxylic acids is 2. The number of carbonyl (C=O) groups is 2. The Hall–Kier alpha value is -2.88. The highest BCUT2D eigenvalue weighted by Gasteiger charge is 2.26. The van der Waals surface area contributed by atoms with E-state index in [0.29, 0.717) is 22.4 Å². The van der Waals surface area contributed by atoms with Crippen LogP contribution in [0.2, 0.25) is 0 Å². The fourth-order valence-corrected chi connectivity index (χ4v) is 2.36. The largest absolute Gasteiger partial charge is 0.496 e. The van der Waals surface area contributed by atoms with Gasteiger partial charge < -0.3 is 4.74 Å². The van der Waals surface area contributed by atoms with Gasteiger partial charge in [-0.1, -0.05) is 36.4 Å². The summed E-state index contributed by atoms with van der Waals surface area (Å²) in [4.78, 5) is 24.0. The van der Waals surface area contributed by atoms with Gasteiger partial charge >= 0.3 is 0 Å². The number of hydrogen-bond donors (Lipinski definition) is 1. The molecule has 1 aliphatic rings. The van der Waals surface area contributed by atoms with Gasteiger partial charge in [0.05, 0.1) is 7.11 Å². The van der Waals surface area contributed by atoms with Crippen LogP contribution in [-0.2, 0) is 4.79 Å². The van der Waals surface area contributed by atoms with Crippen LogP contribution < -0.4 is 10.1 Å². The molecule has 0 saturated heterocycles. The molecule has 4 nitrogen and oxygen atoms in total. The van der Waals surface area contributed by atoms with Crippen molar-refractivity contribution >= 4 is 23.5 Å². The third-order valence-corrected chi connectivity index (χ3v) is 3.37. The molecule has 0 unspecified atom stereocenters. The second-order valence-electron chi connectivity index (χ2n) is 4.63. The number of imide groups is 1. The third kappa shape index (κ3) is 2.31. The highest BCUT2D eigenvalue weighted by atomic mass is 16.5. The van der Waals surface area contributed by atoms with Gasteiger partial charge in [-0.2, -0.15) is 0 Å². The molecule has 2 aromatic carbocycles. The number of benzene rings is 2. The van der Waals surface area contributed by atoms with Crippen molar-refractivity contribution in [2.45, 2.75) is 0 Å². The number of hydrogen-bond acceptors (Lipinski definition) is 3. The molecule has 0 bridgehead atoms. The zero-order valence-electron chi connectivity index (χ0n) is 11.4. The van der Waals surface area contributed by atoms with Crippen LogP contribution in [0, 0.1) is 0 Å². The average Bonchev–Trinajstić information content (AvgIpc) is 2.52. The minimum atomic E-state index is -0.399. The maximum Gasteiger partial charge on any atom is 0.258 e. The molecule has 0 aliphatic carbocycles. The standard InChI is InChI=1S/C17H13NO3/c1-21-15-9-5-2-6-11(15)10-14-12-7-3-4-8-13(12)16(19)18-17(14)20/h2-10H,1H3,(H,18,19,20). The molecule has 0 saturated carbocycles. The molecule has 3 rings (SSSR count). The second kappa shape index (κ2) is 5.25. The first-order chi connectivity index (χ1) is 10.2. The minimum absolute atomic E-state index is 0.368. The minimum Gasteiger partial charge on any atom is -0.496 e. The van der Waals surface area contributed by atoms with Crippen LogP contribution in [0.3, 0.4) is 0 Å². The fourth-order valence-electron chi connectivity index (χ4n) is 2.36. The van der Waals surface area contributed by atoms with E-state index < -0.39 is 5.91 Å². The van der Waals surface area contributed by atoms with Crippen molar-refractivity contribution in [1.29, 1.82) is 0 Å². The second-order valence-corrected chi connectivity index (χ2v) is 4.63. The molecule has 1 N–H and O–H groups in total. The summed E-state index contributed by atoms with van der Waals surface area (Å²) in [6.45, 7) is 0. The summed E-state index contributed by atoms with van der Waals surface area (Å²) >= 11 is 0. The molecule has 0 fully saturated rings. The van der Waals surface area contributed by atoms with Crippen LogP contribution >= 0.6 is 0 Å². The molecular formula is C17H13NO3. The van der Waals surface area contributed by atoms with E-state index in [2.05, 4.69) is 5.32 Å². The molecule has 0 aromatic heterocycles. The first-order valence-electron chi connectivity index (χ1n) is 6.50. The lowest BCUT2D eigenvalue weighted by molar-refractivity contribution is -0.114. The maximum absolute atomic E-state index is 12.1. The van der Waals surface area contributed by atoms with E-state index in [4.69, 9.17) is 4.74 Å². The SMILES string of the molecule is COc1ccccc1C=C1C(=O)NC(=O)c2ccccc21. The van der Waals surface area contributed by atoms with Gasteiger partial charge in [0.25, 0.3) is 11.8 Å². The highest BCUT2D eigenvalue weighted by Crippen LogP contribution is 2.28. The number of rotatable bonds is 2. The van der Waals surface area contributed by atoms with Gasteiger partial charge in [-0.25, -0.2) is 0 Å². The summed E-state index contributed by atoms with van der Waals surface area (Å²) in [7, 11) is 1.58. The highest BCUT2D eigenvalue weighted by molar-refractivity contribution is 6.34. The molecule has 0 atom stereocenters. The molecule has 21 heavy (non-hydrogen) atoms. The Balaban J connectivity index is 2.17. The van der Waals surface area contributed by atoms with Crippen molar-refractivity contribution in [3.8, 4) is 5.75 Å². The Morgan fingerprint density at radius 2 is 1.57 bits per heavy atom. The first kappa shape index (κ1) is 13.1. The summed E-state index contributed by atoms with van der Waals surface area (Å²) in [5.74, 6) is -0.0930. The van der Waals surface area contributed by atoms with Crippen LogP contribution in [0.4, 0.5) is 0 Å². The molecule has 104 valence electrons. The number of para-hydroxylation sites is 1. The van der Waals surface area contributed by atoms with E-state index in [1.807, 2.05) is 24.3 Å². The summed E-state index contributed by atoms with van der Waals surface area (Å²) in [6, 6.07) is 14.5. The number of fused-ring (bicyclic) bond motifs is 1. The number of amides is 2. The molecule has 4 heteroatoms. The molecule has 0 radical (unpaired) electrons. The van der Waals surface area contributed by atoms with Gasteiger partial charge in [-0.05, 0) is 23.8 Å². The Morgan fingerprint density at radius 1 is 0.905 bits per heavy atom. The van der Waals surface area contributed by atoms with Crippen LogP contribution in [0.1, 0.15) is 21.5 Å². The van der Waals surface area contributed by atoms with Crippen molar-refractivity contribution in [3.05, 3.63) is 65.2 Å². The van der Waals surface area contributed by atoms with E-state index in [9.17, 15) is 9.59 Å².